The van der Waals surface area contributed by atoms with Gasteiger partial charge in [-0.15, -0.1) is 0 Å². The van der Waals surface area contributed by atoms with Crippen molar-refractivity contribution in [2.45, 2.75) is 82.9 Å². The van der Waals surface area contributed by atoms with E-state index in [9.17, 15) is 28.8 Å². The molecule has 21 nitrogen and oxygen atoms in total. The van der Waals surface area contributed by atoms with Gasteiger partial charge in [0.1, 0.15) is 35.2 Å². The number of hydrogen-bond donors (Lipinski definition) is 6. The van der Waals surface area contributed by atoms with Gasteiger partial charge in [-0.2, -0.15) is 0 Å². The zero-order chi connectivity index (χ0) is 52.4. The Morgan fingerprint density at radius 2 is 0.730 bits per heavy atom. The summed E-state index contributed by atoms with van der Waals surface area (Å²) >= 11 is 0. The van der Waals surface area contributed by atoms with Crippen LogP contribution in [0.25, 0.3) is 0 Å². The SMILES string of the molecule is CC(C)[C@H](NC(=O)[C@H](Cc1ccccc1)NC(=O)c1cnccn1)B1OB([C@H](C)NC(=O)[C@H](Cc2ccccc2)NC(=O)c2cnccn2)OB([C@H](C)NC(=O)[C@H](Cc2ccccc2)NC(=O)c2cnccn2)O1. The molecule has 1 aliphatic heterocycles. The fraction of sp³-hybridized carbons (Fsp3) is 0.280. The van der Waals surface area contributed by atoms with Gasteiger partial charge in [-0.25, -0.2) is 15.0 Å². The molecule has 1 saturated heterocycles. The van der Waals surface area contributed by atoms with Crippen molar-refractivity contribution >= 4 is 56.8 Å². The van der Waals surface area contributed by atoms with Gasteiger partial charge < -0.3 is 45.6 Å². The maximum absolute atomic E-state index is 14.5. The molecule has 0 saturated carbocycles. The van der Waals surface area contributed by atoms with Crippen molar-refractivity contribution in [2.24, 2.45) is 5.92 Å². The third-order valence-electron chi connectivity index (χ3n) is 11.8. The molecule has 0 radical (unpaired) electrons. The lowest BCUT2D eigenvalue weighted by Gasteiger charge is -2.40. The van der Waals surface area contributed by atoms with E-state index in [2.05, 4.69) is 61.8 Å². The van der Waals surface area contributed by atoms with Gasteiger partial charge in [-0.05, 0) is 36.5 Å². The minimum absolute atomic E-state index is 0.00428. The van der Waals surface area contributed by atoms with E-state index in [0.717, 1.165) is 16.7 Å². The summed E-state index contributed by atoms with van der Waals surface area (Å²) in [4.78, 5) is 108. The molecule has 3 aromatic heterocycles. The average molecular weight is 1000 g/mol. The Balaban J connectivity index is 1.15. The third kappa shape index (κ3) is 15.4. The normalized spacial score (nSPS) is 14.8. The zero-order valence-electron chi connectivity index (χ0n) is 41.1. The molecule has 0 spiro atoms. The van der Waals surface area contributed by atoms with Crippen LogP contribution in [-0.4, -0.2) is 123 Å². The second-order valence-corrected chi connectivity index (χ2v) is 17.8. The van der Waals surface area contributed by atoms with E-state index in [1.54, 1.807) is 13.8 Å². The second kappa shape index (κ2) is 26.5. The van der Waals surface area contributed by atoms with Crippen LogP contribution in [0.4, 0.5) is 0 Å². The van der Waals surface area contributed by atoms with Crippen LogP contribution in [-0.2, 0) is 47.4 Å². The number of aromatic nitrogens is 6. The van der Waals surface area contributed by atoms with Gasteiger partial charge >= 0.3 is 21.4 Å². The molecule has 6 aromatic rings. The predicted octanol–water partition coefficient (Wildman–Crippen LogP) is 1.78. The van der Waals surface area contributed by atoms with Crippen molar-refractivity contribution in [3.05, 3.63) is 181 Å². The van der Waals surface area contributed by atoms with Crippen molar-refractivity contribution in [3.63, 3.8) is 0 Å². The lowest BCUT2D eigenvalue weighted by atomic mass is 9.59. The summed E-state index contributed by atoms with van der Waals surface area (Å²) in [7, 11) is -3.91. The molecule has 0 unspecified atom stereocenters. The molecule has 7 rings (SSSR count). The van der Waals surface area contributed by atoms with Gasteiger partial charge in [0.05, 0.1) is 36.4 Å². The molecule has 6 amide bonds. The molecular formula is C50H55B3N12O9. The summed E-state index contributed by atoms with van der Waals surface area (Å²) in [5.74, 6) is -6.92. The van der Waals surface area contributed by atoms with E-state index in [0.29, 0.717) is 0 Å². The maximum Gasteiger partial charge on any atom is 0.453 e. The molecule has 6 N–H and O–H groups in total. The van der Waals surface area contributed by atoms with Crippen LogP contribution in [0.5, 0.6) is 0 Å². The van der Waals surface area contributed by atoms with Gasteiger partial charge in [-0.1, -0.05) is 105 Å². The Bertz CT molecular complexity index is 2660. The Hall–Kier alpha value is -8.21. The monoisotopic (exact) mass is 1000 g/mol. The largest absolute Gasteiger partial charge is 0.453 e. The highest BCUT2D eigenvalue weighted by Crippen LogP contribution is 2.21. The van der Waals surface area contributed by atoms with E-state index >= 15 is 0 Å². The molecule has 24 heteroatoms. The second-order valence-electron chi connectivity index (χ2n) is 17.8. The first-order valence-electron chi connectivity index (χ1n) is 24.0. The maximum atomic E-state index is 14.5. The Morgan fingerprint density at radius 3 is 1.03 bits per heavy atom. The number of rotatable bonds is 22. The highest BCUT2D eigenvalue weighted by molar-refractivity contribution is 6.75. The van der Waals surface area contributed by atoms with Gasteiger partial charge in [0.25, 0.3) is 17.7 Å². The summed E-state index contributed by atoms with van der Waals surface area (Å²) in [5, 5.41) is 17.3. The number of nitrogens with zero attached hydrogens (tertiary/aromatic N) is 6. The molecule has 0 bridgehead atoms. The lowest BCUT2D eigenvalue weighted by Crippen LogP contribution is -2.68. The van der Waals surface area contributed by atoms with Crippen LogP contribution >= 0.6 is 0 Å². The fourth-order valence-electron chi connectivity index (χ4n) is 7.86. The van der Waals surface area contributed by atoms with E-state index in [4.69, 9.17) is 13.7 Å². The van der Waals surface area contributed by atoms with E-state index in [1.807, 2.05) is 105 Å². The summed E-state index contributed by atoms with van der Waals surface area (Å²) in [5.41, 5.74) is 2.30. The number of carbonyl (C=O) groups is 6. The molecule has 4 heterocycles. The Labute approximate surface area is 429 Å². The van der Waals surface area contributed by atoms with Crippen LogP contribution < -0.4 is 31.9 Å². The molecule has 6 atom stereocenters. The highest BCUT2D eigenvalue weighted by atomic mass is 16.7. The van der Waals surface area contributed by atoms with Crippen molar-refractivity contribution in [1.29, 1.82) is 0 Å². The van der Waals surface area contributed by atoms with E-state index < -0.39 is 98.7 Å². The number of benzene rings is 3. The first-order chi connectivity index (χ1) is 35.8. The highest BCUT2D eigenvalue weighted by Gasteiger charge is 2.51. The van der Waals surface area contributed by atoms with Gasteiger partial charge in [-0.3, -0.25) is 43.7 Å². The number of amides is 6. The third-order valence-corrected chi connectivity index (χ3v) is 11.8. The number of nitrogens with one attached hydrogen (secondary N) is 6. The minimum atomic E-state index is -1.30. The molecule has 3 aromatic carbocycles. The van der Waals surface area contributed by atoms with Crippen LogP contribution in [0.15, 0.2) is 147 Å². The van der Waals surface area contributed by atoms with E-state index in [1.165, 1.54) is 55.8 Å². The standard InChI is InChI=1S/C50H55B3N12O9/c1-32(2)44(65-47(68)40(28-37-18-12-7-13-19-37)64-50(71)43-31-56-22-25-59-43)53-73-51(33(3)60-45(66)38(26-35-14-8-5-9-15-35)62-48(69)41-29-54-20-23-57-41)72-52(74-53)34(4)61-46(67)39(27-36-16-10-6-11-17-36)63-49(70)42-30-55-21-24-58-42/h5-25,29-34,38-40,44H,26-28H2,1-4H3,(H,60,66)(H,61,67)(H,62,69)(H,63,70)(H,64,71)(H,65,68)/t33-,34-,38-,39-,40-,44-/m0/s1. The number of hydrogen-bond acceptors (Lipinski definition) is 15. The van der Waals surface area contributed by atoms with Crippen LogP contribution in [0.3, 0.4) is 0 Å². The van der Waals surface area contributed by atoms with Gasteiger partial charge in [0.2, 0.25) is 17.7 Å². The molecule has 378 valence electrons. The van der Waals surface area contributed by atoms with Crippen LogP contribution in [0.2, 0.25) is 0 Å². The number of carbonyl (C=O) groups excluding carboxylic acids is 6. The summed E-state index contributed by atoms with van der Waals surface area (Å²) in [6.07, 6.45) is 12.5. The van der Waals surface area contributed by atoms with Crippen molar-refractivity contribution in [3.8, 4) is 0 Å². The quantitative estimate of drug-likeness (QED) is 0.0529. The molecule has 0 aliphatic carbocycles. The fourth-order valence-corrected chi connectivity index (χ4v) is 7.86. The molecule has 1 aliphatic rings. The summed E-state index contributed by atoms with van der Waals surface area (Å²) in [6, 6.07) is 24.0. The first-order valence-corrected chi connectivity index (χ1v) is 24.0. The molecule has 1 fully saturated rings. The minimum Gasteiger partial charge on any atom is -0.450 e. The van der Waals surface area contributed by atoms with Gasteiger partial charge in [0, 0.05) is 56.4 Å². The van der Waals surface area contributed by atoms with Crippen molar-refractivity contribution in [1.82, 2.24) is 61.8 Å². The molecular weight excluding hydrogens is 945 g/mol. The van der Waals surface area contributed by atoms with Crippen LogP contribution in [0, 0.1) is 5.92 Å². The lowest BCUT2D eigenvalue weighted by molar-refractivity contribution is -0.124. The van der Waals surface area contributed by atoms with Crippen molar-refractivity contribution in [2.75, 3.05) is 0 Å². The Kier molecular flexibility index (Phi) is 19.2. The van der Waals surface area contributed by atoms with Crippen LogP contribution in [0.1, 0.15) is 75.9 Å². The smallest absolute Gasteiger partial charge is 0.450 e. The Morgan fingerprint density at radius 1 is 0.419 bits per heavy atom. The van der Waals surface area contributed by atoms with E-state index in [-0.39, 0.29) is 36.3 Å². The molecule has 74 heavy (non-hydrogen) atoms. The zero-order valence-corrected chi connectivity index (χ0v) is 41.1. The van der Waals surface area contributed by atoms with Gasteiger partial charge in [0.15, 0.2) is 0 Å². The first kappa shape index (κ1) is 53.6. The summed E-state index contributed by atoms with van der Waals surface area (Å²) in [6.45, 7) is 6.93. The summed E-state index contributed by atoms with van der Waals surface area (Å²) < 4.78 is 19.5. The predicted molar refractivity (Wildman–Crippen MR) is 273 cm³/mol. The topological polar surface area (TPSA) is 280 Å². The van der Waals surface area contributed by atoms with Crippen molar-refractivity contribution < 1.29 is 42.5 Å². The average Bonchev–Trinajstić information content (AvgIpc) is 3.42.